The molecule has 0 N–H and O–H groups in total. The molecule has 2 heterocycles. The summed E-state index contributed by atoms with van der Waals surface area (Å²) in [5.74, 6) is 0.353. The maximum atomic E-state index is 12.7. The van der Waals surface area contributed by atoms with Crippen molar-refractivity contribution in [1.29, 1.82) is 0 Å². The minimum absolute atomic E-state index is 0.0527. The Morgan fingerprint density at radius 2 is 1.95 bits per heavy atom. The Kier molecular flexibility index (Phi) is 2.69. The van der Waals surface area contributed by atoms with Crippen molar-refractivity contribution < 1.29 is 9.21 Å². The Morgan fingerprint density at radius 1 is 1.10 bits per heavy atom. The van der Waals surface area contributed by atoms with Crippen LogP contribution >= 0.6 is 11.3 Å². The molecule has 0 fully saturated rings. The van der Waals surface area contributed by atoms with Crippen LogP contribution in [0.1, 0.15) is 21.7 Å². The summed E-state index contributed by atoms with van der Waals surface area (Å²) in [5, 5.41) is 3.87. The molecule has 21 heavy (non-hydrogen) atoms. The fourth-order valence-corrected chi connectivity index (χ4v) is 3.55. The molecule has 4 aromatic rings. The summed E-state index contributed by atoms with van der Waals surface area (Å²) in [6.07, 6.45) is 0. The van der Waals surface area contributed by atoms with Crippen LogP contribution in [0.15, 0.2) is 58.3 Å². The van der Waals surface area contributed by atoms with Crippen LogP contribution in [-0.2, 0) is 0 Å². The number of aryl methyl sites for hydroxylation is 1. The van der Waals surface area contributed by atoms with Crippen molar-refractivity contribution in [2.75, 3.05) is 0 Å². The Labute approximate surface area is 125 Å². The SMILES string of the molecule is Cc1cccc2cc(C(=O)c3csc4ccccc34)oc12. The maximum Gasteiger partial charge on any atom is 0.229 e. The van der Waals surface area contributed by atoms with Gasteiger partial charge in [0.25, 0.3) is 0 Å². The van der Waals surface area contributed by atoms with Crippen LogP contribution in [0.25, 0.3) is 21.1 Å². The molecule has 0 amide bonds. The first-order chi connectivity index (χ1) is 10.2. The number of benzene rings is 2. The molecular weight excluding hydrogens is 280 g/mol. The second-order valence-corrected chi connectivity index (χ2v) is 5.99. The molecule has 3 heteroatoms. The van der Waals surface area contributed by atoms with Crippen molar-refractivity contribution >= 4 is 38.2 Å². The standard InChI is InChI=1S/C18H12O2S/c1-11-5-4-6-12-9-15(20-18(11)12)17(19)14-10-21-16-8-3-2-7-13(14)16/h2-10H,1H3. The third-order valence-electron chi connectivity index (χ3n) is 3.69. The quantitative estimate of drug-likeness (QED) is 0.476. The highest BCUT2D eigenvalue weighted by Crippen LogP contribution is 2.30. The van der Waals surface area contributed by atoms with Crippen LogP contribution in [-0.4, -0.2) is 5.78 Å². The largest absolute Gasteiger partial charge is 0.452 e. The van der Waals surface area contributed by atoms with E-state index in [4.69, 9.17) is 4.42 Å². The van der Waals surface area contributed by atoms with Crippen molar-refractivity contribution in [1.82, 2.24) is 0 Å². The van der Waals surface area contributed by atoms with Gasteiger partial charge in [-0.1, -0.05) is 36.4 Å². The van der Waals surface area contributed by atoms with Crippen LogP contribution in [0.3, 0.4) is 0 Å². The van der Waals surface area contributed by atoms with Crippen molar-refractivity contribution in [3.8, 4) is 0 Å². The molecule has 0 aliphatic rings. The molecule has 102 valence electrons. The minimum Gasteiger partial charge on any atom is -0.452 e. The molecule has 2 aromatic heterocycles. The van der Waals surface area contributed by atoms with E-state index in [0.717, 1.165) is 26.6 Å². The number of hydrogen-bond acceptors (Lipinski definition) is 3. The van der Waals surface area contributed by atoms with Crippen LogP contribution in [0, 0.1) is 6.92 Å². The van der Waals surface area contributed by atoms with Crippen molar-refractivity contribution in [2.45, 2.75) is 6.92 Å². The first-order valence-electron chi connectivity index (χ1n) is 6.74. The highest BCUT2D eigenvalue weighted by molar-refractivity contribution is 7.17. The molecule has 2 nitrogen and oxygen atoms in total. The van der Waals surface area contributed by atoms with E-state index in [1.165, 1.54) is 0 Å². The lowest BCUT2D eigenvalue weighted by molar-refractivity contribution is 0.101. The third kappa shape index (κ3) is 1.89. The highest BCUT2D eigenvalue weighted by atomic mass is 32.1. The predicted molar refractivity (Wildman–Crippen MR) is 86.2 cm³/mol. The van der Waals surface area contributed by atoms with Gasteiger partial charge in [0.2, 0.25) is 5.78 Å². The summed E-state index contributed by atoms with van der Waals surface area (Å²) < 4.78 is 6.91. The second kappa shape index (κ2) is 4.57. The molecule has 0 unspecified atom stereocenters. The van der Waals surface area contributed by atoms with E-state index >= 15 is 0 Å². The first-order valence-corrected chi connectivity index (χ1v) is 7.62. The highest BCUT2D eigenvalue weighted by Gasteiger charge is 2.18. The van der Waals surface area contributed by atoms with Crippen molar-refractivity contribution in [2.24, 2.45) is 0 Å². The lowest BCUT2D eigenvalue weighted by Crippen LogP contribution is -1.97. The van der Waals surface area contributed by atoms with Crippen LogP contribution in [0.4, 0.5) is 0 Å². The molecule has 0 saturated heterocycles. The van der Waals surface area contributed by atoms with Gasteiger partial charge in [-0.15, -0.1) is 11.3 Å². The lowest BCUT2D eigenvalue weighted by atomic mass is 10.1. The van der Waals surface area contributed by atoms with Gasteiger partial charge in [-0.2, -0.15) is 0 Å². The average Bonchev–Trinajstić information content (AvgIpc) is 3.11. The minimum atomic E-state index is -0.0527. The number of carbonyl (C=O) groups excluding carboxylic acids is 1. The zero-order valence-corrected chi connectivity index (χ0v) is 12.2. The Hall–Kier alpha value is -2.39. The van der Waals surface area contributed by atoms with Gasteiger partial charge in [0.15, 0.2) is 5.76 Å². The summed E-state index contributed by atoms with van der Waals surface area (Å²) in [7, 11) is 0. The summed E-state index contributed by atoms with van der Waals surface area (Å²) in [6.45, 7) is 1.99. The van der Waals surface area contributed by atoms with Crippen LogP contribution < -0.4 is 0 Å². The van der Waals surface area contributed by atoms with Gasteiger partial charge in [0.05, 0.1) is 0 Å². The van der Waals surface area contributed by atoms with E-state index in [2.05, 4.69) is 0 Å². The zero-order valence-electron chi connectivity index (χ0n) is 11.4. The number of thiophene rings is 1. The number of fused-ring (bicyclic) bond motifs is 2. The number of ketones is 1. The van der Waals surface area contributed by atoms with Crippen LogP contribution in [0.5, 0.6) is 0 Å². The molecule has 0 spiro atoms. The smallest absolute Gasteiger partial charge is 0.229 e. The van der Waals surface area contributed by atoms with Crippen LogP contribution in [0.2, 0.25) is 0 Å². The zero-order chi connectivity index (χ0) is 14.4. The topological polar surface area (TPSA) is 30.2 Å². The first kappa shape index (κ1) is 12.4. The Balaban J connectivity index is 1.88. The summed E-state index contributed by atoms with van der Waals surface area (Å²) in [5.41, 5.74) is 2.55. The molecule has 0 saturated carbocycles. The number of hydrogen-bond donors (Lipinski definition) is 0. The predicted octanol–water partition coefficient (Wildman–Crippen LogP) is 5.19. The monoisotopic (exact) mass is 292 g/mol. The van der Waals surface area contributed by atoms with Gasteiger partial charge in [0.1, 0.15) is 5.58 Å². The average molecular weight is 292 g/mol. The number of furan rings is 1. The van der Waals surface area contributed by atoms with Gasteiger partial charge in [0, 0.05) is 26.4 Å². The molecule has 0 aliphatic heterocycles. The molecule has 0 aliphatic carbocycles. The van der Waals surface area contributed by atoms with Crippen molar-refractivity contribution in [3.63, 3.8) is 0 Å². The van der Waals surface area contributed by atoms with Gasteiger partial charge in [-0.3, -0.25) is 4.79 Å². The van der Waals surface area contributed by atoms with E-state index in [1.807, 2.05) is 60.8 Å². The maximum absolute atomic E-state index is 12.7. The summed E-state index contributed by atoms with van der Waals surface area (Å²) in [4.78, 5) is 12.7. The Morgan fingerprint density at radius 3 is 2.81 bits per heavy atom. The molecule has 2 aromatic carbocycles. The van der Waals surface area contributed by atoms with E-state index in [9.17, 15) is 4.79 Å². The third-order valence-corrected chi connectivity index (χ3v) is 4.65. The lowest BCUT2D eigenvalue weighted by Gasteiger charge is -1.96. The summed E-state index contributed by atoms with van der Waals surface area (Å²) >= 11 is 1.58. The van der Waals surface area contributed by atoms with Gasteiger partial charge in [-0.25, -0.2) is 0 Å². The van der Waals surface area contributed by atoms with E-state index in [0.29, 0.717) is 11.3 Å². The number of carbonyl (C=O) groups is 1. The second-order valence-electron chi connectivity index (χ2n) is 5.08. The molecule has 4 rings (SSSR count). The van der Waals surface area contributed by atoms with E-state index < -0.39 is 0 Å². The van der Waals surface area contributed by atoms with E-state index in [1.54, 1.807) is 11.3 Å². The van der Waals surface area contributed by atoms with Gasteiger partial charge >= 0.3 is 0 Å². The van der Waals surface area contributed by atoms with Gasteiger partial charge < -0.3 is 4.42 Å². The normalized spacial score (nSPS) is 11.3. The fraction of sp³-hybridized carbons (Fsp3) is 0.0556. The number of rotatable bonds is 2. The summed E-state index contributed by atoms with van der Waals surface area (Å²) in [6, 6.07) is 15.7. The molecule has 0 bridgehead atoms. The van der Waals surface area contributed by atoms with Crippen molar-refractivity contribution in [3.05, 3.63) is 70.8 Å². The molecule has 0 atom stereocenters. The Bertz CT molecular complexity index is 975. The molecular formula is C18H12O2S. The fourth-order valence-electron chi connectivity index (χ4n) is 2.61. The van der Waals surface area contributed by atoms with Gasteiger partial charge in [-0.05, 0) is 24.6 Å². The number of para-hydroxylation sites is 1. The molecule has 0 radical (unpaired) electrons. The van der Waals surface area contributed by atoms with E-state index in [-0.39, 0.29) is 5.78 Å².